The SMILES string of the molecule is CCOc1ccc(O)c(C2Nc3ccccc3C(=O)N2CC(F)(F)F)c1. The van der Waals surface area contributed by atoms with Crippen LogP contribution >= 0.6 is 0 Å². The number of hydrogen-bond donors (Lipinski definition) is 2. The number of para-hydroxylation sites is 1. The smallest absolute Gasteiger partial charge is 0.406 e. The van der Waals surface area contributed by atoms with Crippen LogP contribution in [0.1, 0.15) is 29.0 Å². The number of fused-ring (bicyclic) bond motifs is 1. The summed E-state index contributed by atoms with van der Waals surface area (Å²) in [5, 5.41) is 13.1. The minimum Gasteiger partial charge on any atom is -0.508 e. The van der Waals surface area contributed by atoms with Gasteiger partial charge in [-0.05, 0) is 37.3 Å². The first-order valence-corrected chi connectivity index (χ1v) is 7.99. The fourth-order valence-electron chi connectivity index (χ4n) is 2.90. The minimum absolute atomic E-state index is 0.128. The Kier molecular flexibility index (Phi) is 4.67. The van der Waals surface area contributed by atoms with Gasteiger partial charge in [0.05, 0.1) is 12.2 Å². The summed E-state index contributed by atoms with van der Waals surface area (Å²) < 4.78 is 44.6. The Morgan fingerprint density at radius 2 is 1.96 bits per heavy atom. The van der Waals surface area contributed by atoms with Crippen molar-refractivity contribution in [3.05, 3.63) is 53.6 Å². The van der Waals surface area contributed by atoms with Crippen molar-refractivity contribution in [1.29, 1.82) is 0 Å². The van der Waals surface area contributed by atoms with E-state index in [-0.39, 0.29) is 16.9 Å². The van der Waals surface area contributed by atoms with Crippen molar-refractivity contribution < 1.29 is 27.8 Å². The lowest BCUT2D eigenvalue weighted by atomic mass is 10.0. The van der Waals surface area contributed by atoms with E-state index in [0.717, 1.165) is 0 Å². The van der Waals surface area contributed by atoms with Crippen LogP contribution in [-0.4, -0.2) is 35.2 Å². The molecule has 2 N–H and O–H groups in total. The van der Waals surface area contributed by atoms with Gasteiger partial charge < -0.3 is 20.1 Å². The molecule has 1 aliphatic rings. The number of anilines is 1. The largest absolute Gasteiger partial charge is 0.508 e. The zero-order chi connectivity index (χ0) is 18.9. The number of amides is 1. The number of phenols is 1. The summed E-state index contributed by atoms with van der Waals surface area (Å²) in [5.74, 6) is -0.603. The van der Waals surface area contributed by atoms with Crippen LogP contribution < -0.4 is 10.1 Å². The summed E-state index contributed by atoms with van der Waals surface area (Å²) in [6, 6.07) is 10.6. The van der Waals surface area contributed by atoms with Gasteiger partial charge in [0.25, 0.3) is 5.91 Å². The molecule has 0 aromatic heterocycles. The highest BCUT2D eigenvalue weighted by Crippen LogP contribution is 2.39. The van der Waals surface area contributed by atoms with Crippen LogP contribution in [0.3, 0.4) is 0 Å². The predicted molar refractivity (Wildman–Crippen MR) is 89.2 cm³/mol. The molecule has 138 valence electrons. The van der Waals surface area contributed by atoms with Crippen molar-refractivity contribution in [2.45, 2.75) is 19.3 Å². The molecule has 5 nitrogen and oxygen atoms in total. The molecule has 1 aliphatic heterocycles. The van der Waals surface area contributed by atoms with E-state index in [1.807, 2.05) is 0 Å². The summed E-state index contributed by atoms with van der Waals surface area (Å²) in [5.41, 5.74) is 0.679. The van der Waals surface area contributed by atoms with Gasteiger partial charge in [-0.1, -0.05) is 12.1 Å². The third kappa shape index (κ3) is 3.54. The van der Waals surface area contributed by atoms with Gasteiger partial charge in [0.1, 0.15) is 24.2 Å². The van der Waals surface area contributed by atoms with Crippen LogP contribution in [0.5, 0.6) is 11.5 Å². The Hall–Kier alpha value is -2.90. The van der Waals surface area contributed by atoms with E-state index in [9.17, 15) is 23.1 Å². The number of hydrogen-bond acceptors (Lipinski definition) is 4. The maximum absolute atomic E-state index is 13.1. The molecular weight excluding hydrogens is 349 g/mol. The Morgan fingerprint density at radius 3 is 2.65 bits per heavy atom. The molecule has 8 heteroatoms. The number of carbonyl (C=O) groups is 1. The molecule has 1 atom stereocenters. The standard InChI is InChI=1S/C18H17F3N2O3/c1-2-26-11-7-8-15(24)13(9-11)16-22-14-6-4-3-5-12(14)17(25)23(16)10-18(19,20)21/h3-9,16,22,24H,2,10H2,1H3. The third-order valence-corrected chi connectivity index (χ3v) is 3.98. The molecule has 0 spiro atoms. The first-order chi connectivity index (χ1) is 12.3. The van der Waals surface area contributed by atoms with Crippen LogP contribution in [0.25, 0.3) is 0 Å². The first kappa shape index (κ1) is 17.9. The molecular formula is C18H17F3N2O3. The van der Waals surface area contributed by atoms with Gasteiger partial charge in [-0.25, -0.2) is 0 Å². The average Bonchev–Trinajstić information content (AvgIpc) is 2.58. The Bertz CT molecular complexity index is 824. The van der Waals surface area contributed by atoms with E-state index in [4.69, 9.17) is 4.74 Å². The molecule has 0 saturated carbocycles. The topological polar surface area (TPSA) is 61.8 Å². The summed E-state index contributed by atoms with van der Waals surface area (Å²) in [4.78, 5) is 13.3. The molecule has 3 rings (SSSR count). The van der Waals surface area contributed by atoms with Crippen molar-refractivity contribution in [2.24, 2.45) is 0 Å². The number of rotatable bonds is 4. The minimum atomic E-state index is -4.59. The number of nitrogens with one attached hydrogen (secondary N) is 1. The van der Waals surface area contributed by atoms with E-state index in [2.05, 4.69) is 5.32 Å². The van der Waals surface area contributed by atoms with Gasteiger partial charge in [-0.3, -0.25) is 4.79 Å². The van der Waals surface area contributed by atoms with E-state index >= 15 is 0 Å². The highest BCUT2D eigenvalue weighted by atomic mass is 19.4. The lowest BCUT2D eigenvalue weighted by Crippen LogP contribution is -2.47. The van der Waals surface area contributed by atoms with Crippen molar-refractivity contribution >= 4 is 11.6 Å². The molecule has 0 radical (unpaired) electrons. The molecule has 1 unspecified atom stereocenters. The number of halogens is 3. The number of phenolic OH excluding ortho intramolecular Hbond substituents is 1. The van der Waals surface area contributed by atoms with E-state index in [1.165, 1.54) is 24.3 Å². The highest BCUT2D eigenvalue weighted by molar-refractivity contribution is 6.01. The lowest BCUT2D eigenvalue weighted by Gasteiger charge is -2.38. The van der Waals surface area contributed by atoms with E-state index < -0.39 is 24.8 Å². The van der Waals surface area contributed by atoms with Crippen molar-refractivity contribution in [1.82, 2.24) is 4.90 Å². The fraction of sp³-hybridized carbons (Fsp3) is 0.278. The number of carbonyl (C=O) groups excluding carboxylic acids is 1. The summed E-state index contributed by atoms with van der Waals surface area (Å²) in [6.07, 6.45) is -5.77. The van der Waals surface area contributed by atoms with Gasteiger partial charge in [0, 0.05) is 11.3 Å². The van der Waals surface area contributed by atoms with Gasteiger partial charge in [-0.2, -0.15) is 13.2 Å². The predicted octanol–water partition coefficient (Wildman–Crippen LogP) is 3.92. The second kappa shape index (κ2) is 6.78. The second-order valence-electron chi connectivity index (χ2n) is 5.79. The van der Waals surface area contributed by atoms with Gasteiger partial charge in [0.2, 0.25) is 0 Å². The number of benzene rings is 2. The Labute approximate surface area is 148 Å². The van der Waals surface area contributed by atoms with Crippen LogP contribution in [-0.2, 0) is 0 Å². The van der Waals surface area contributed by atoms with Gasteiger partial charge in [0.15, 0.2) is 0 Å². The molecule has 0 fully saturated rings. The van der Waals surface area contributed by atoms with Crippen molar-refractivity contribution in [2.75, 3.05) is 18.5 Å². The second-order valence-corrected chi connectivity index (χ2v) is 5.79. The van der Waals surface area contributed by atoms with Crippen LogP contribution in [0.2, 0.25) is 0 Å². The number of alkyl halides is 3. The Balaban J connectivity index is 2.08. The van der Waals surface area contributed by atoms with E-state index in [1.54, 1.807) is 25.1 Å². The van der Waals surface area contributed by atoms with Gasteiger partial charge >= 0.3 is 6.18 Å². The van der Waals surface area contributed by atoms with Crippen LogP contribution in [0.15, 0.2) is 42.5 Å². The maximum Gasteiger partial charge on any atom is 0.406 e. The average molecular weight is 366 g/mol. The molecule has 26 heavy (non-hydrogen) atoms. The molecule has 0 aliphatic carbocycles. The molecule has 2 aromatic rings. The summed E-state index contributed by atoms with van der Waals surface area (Å²) in [6.45, 7) is 0.674. The third-order valence-electron chi connectivity index (χ3n) is 3.98. The quantitative estimate of drug-likeness (QED) is 0.861. The van der Waals surface area contributed by atoms with Crippen molar-refractivity contribution in [3.63, 3.8) is 0 Å². The number of ether oxygens (including phenoxy) is 1. The fourth-order valence-corrected chi connectivity index (χ4v) is 2.90. The zero-order valence-corrected chi connectivity index (χ0v) is 13.9. The first-order valence-electron chi connectivity index (χ1n) is 7.99. The molecule has 1 amide bonds. The van der Waals surface area contributed by atoms with Gasteiger partial charge in [-0.15, -0.1) is 0 Å². The normalized spacial score (nSPS) is 16.8. The zero-order valence-electron chi connectivity index (χ0n) is 13.9. The summed E-state index contributed by atoms with van der Waals surface area (Å²) >= 11 is 0. The van der Waals surface area contributed by atoms with Crippen LogP contribution in [0, 0.1) is 0 Å². The summed E-state index contributed by atoms with van der Waals surface area (Å²) in [7, 11) is 0. The molecule has 0 bridgehead atoms. The maximum atomic E-state index is 13.1. The van der Waals surface area contributed by atoms with E-state index in [0.29, 0.717) is 22.9 Å². The van der Waals surface area contributed by atoms with Crippen LogP contribution in [0.4, 0.5) is 18.9 Å². The Morgan fingerprint density at radius 1 is 1.23 bits per heavy atom. The number of aromatic hydroxyl groups is 1. The monoisotopic (exact) mass is 366 g/mol. The lowest BCUT2D eigenvalue weighted by molar-refractivity contribution is -0.144. The highest BCUT2D eigenvalue weighted by Gasteiger charge is 2.41. The number of nitrogens with zero attached hydrogens (tertiary/aromatic N) is 1. The molecule has 1 heterocycles. The van der Waals surface area contributed by atoms with Crippen molar-refractivity contribution in [3.8, 4) is 11.5 Å². The molecule has 0 saturated heterocycles. The molecule has 2 aromatic carbocycles.